The van der Waals surface area contributed by atoms with Crippen molar-refractivity contribution in [1.82, 2.24) is 0 Å². The maximum absolute atomic E-state index is 12.6. The Morgan fingerprint density at radius 1 is 1.25 bits per heavy atom. The van der Waals surface area contributed by atoms with E-state index < -0.39 is 5.92 Å². The molecule has 1 aromatic carbocycles. The first-order chi connectivity index (χ1) is 11.6. The standard InChI is InChI=1S/C19H20N2O3/c1-11-14(10-20)18(19-15(21-11)5-4-6-16(19)22)13-8-7-12(23-2)9-17(13)24-3/h7-9,14,18H,4-6H2,1-3H3/t14?,18-/m1/s1. The summed E-state index contributed by atoms with van der Waals surface area (Å²) in [5.74, 6) is 0.592. The zero-order valence-corrected chi connectivity index (χ0v) is 14.1. The van der Waals surface area contributed by atoms with Crippen LogP contribution in [-0.2, 0) is 4.79 Å². The fraction of sp³-hybridized carbons (Fsp3) is 0.421. The number of hydrogen-bond acceptors (Lipinski definition) is 5. The SMILES string of the molecule is COc1ccc([C@H]2C3=C(CCCC3=O)N=C(C)C2C#N)c(OC)c1. The van der Waals surface area contributed by atoms with Crippen molar-refractivity contribution in [3.8, 4) is 17.6 Å². The fourth-order valence-corrected chi connectivity index (χ4v) is 3.58. The van der Waals surface area contributed by atoms with E-state index in [1.54, 1.807) is 20.3 Å². The molecule has 0 radical (unpaired) electrons. The lowest BCUT2D eigenvalue weighted by Crippen LogP contribution is -2.30. The minimum Gasteiger partial charge on any atom is -0.497 e. The predicted molar refractivity (Wildman–Crippen MR) is 90.4 cm³/mol. The van der Waals surface area contributed by atoms with Crippen molar-refractivity contribution in [1.29, 1.82) is 5.26 Å². The summed E-state index contributed by atoms with van der Waals surface area (Å²) in [6.45, 7) is 1.86. The van der Waals surface area contributed by atoms with Gasteiger partial charge in [-0.1, -0.05) is 6.07 Å². The van der Waals surface area contributed by atoms with E-state index in [1.807, 2.05) is 19.1 Å². The molecule has 124 valence electrons. The number of allylic oxidation sites excluding steroid dienone is 2. The third-order valence-corrected chi connectivity index (χ3v) is 4.75. The Hall–Kier alpha value is -2.61. The molecule has 0 N–H and O–H groups in total. The van der Waals surface area contributed by atoms with Crippen LogP contribution in [-0.4, -0.2) is 25.7 Å². The molecular formula is C19H20N2O3. The van der Waals surface area contributed by atoms with Crippen molar-refractivity contribution >= 4 is 11.5 Å². The Labute approximate surface area is 141 Å². The summed E-state index contributed by atoms with van der Waals surface area (Å²) < 4.78 is 10.8. The number of methoxy groups -OCH3 is 2. The zero-order chi connectivity index (χ0) is 17.3. The van der Waals surface area contributed by atoms with E-state index in [0.717, 1.165) is 29.8 Å². The van der Waals surface area contributed by atoms with Crippen molar-refractivity contribution < 1.29 is 14.3 Å². The maximum Gasteiger partial charge on any atom is 0.161 e. The molecule has 24 heavy (non-hydrogen) atoms. The Morgan fingerprint density at radius 2 is 2.04 bits per heavy atom. The van der Waals surface area contributed by atoms with Crippen LogP contribution >= 0.6 is 0 Å². The predicted octanol–water partition coefficient (Wildman–Crippen LogP) is 3.41. The Kier molecular flexibility index (Phi) is 4.39. The van der Waals surface area contributed by atoms with Gasteiger partial charge in [0.2, 0.25) is 0 Å². The number of aliphatic imine (C=N–C) groups is 1. The molecule has 1 aliphatic carbocycles. The Morgan fingerprint density at radius 3 is 2.71 bits per heavy atom. The van der Waals surface area contributed by atoms with Crippen LogP contribution in [0, 0.1) is 17.2 Å². The highest BCUT2D eigenvalue weighted by atomic mass is 16.5. The second-order valence-corrected chi connectivity index (χ2v) is 6.08. The van der Waals surface area contributed by atoms with Crippen LogP contribution in [0.4, 0.5) is 0 Å². The van der Waals surface area contributed by atoms with E-state index in [4.69, 9.17) is 9.47 Å². The smallest absolute Gasteiger partial charge is 0.161 e. The van der Waals surface area contributed by atoms with Crippen molar-refractivity contribution in [3.63, 3.8) is 0 Å². The zero-order valence-electron chi connectivity index (χ0n) is 14.1. The van der Waals surface area contributed by atoms with Crippen molar-refractivity contribution in [2.45, 2.75) is 32.1 Å². The van der Waals surface area contributed by atoms with Gasteiger partial charge in [-0.3, -0.25) is 9.79 Å². The molecule has 0 saturated heterocycles. The van der Waals surface area contributed by atoms with E-state index in [2.05, 4.69) is 11.1 Å². The van der Waals surface area contributed by atoms with E-state index in [1.165, 1.54) is 0 Å². The number of hydrogen-bond donors (Lipinski definition) is 0. The van der Waals surface area contributed by atoms with Gasteiger partial charge in [0.15, 0.2) is 5.78 Å². The first-order valence-corrected chi connectivity index (χ1v) is 8.03. The molecule has 3 rings (SSSR count). The summed E-state index contributed by atoms with van der Waals surface area (Å²) >= 11 is 0. The van der Waals surface area contributed by atoms with Gasteiger partial charge in [-0.05, 0) is 25.8 Å². The number of nitriles is 1. The summed E-state index contributed by atoms with van der Waals surface area (Å²) in [5.41, 5.74) is 3.11. The first-order valence-electron chi connectivity index (χ1n) is 8.03. The molecule has 0 spiro atoms. The van der Waals surface area contributed by atoms with Gasteiger partial charge in [0, 0.05) is 41.0 Å². The van der Waals surface area contributed by atoms with Crippen LogP contribution in [0.25, 0.3) is 0 Å². The average Bonchev–Trinajstić information content (AvgIpc) is 2.60. The second-order valence-electron chi connectivity index (χ2n) is 6.08. The quantitative estimate of drug-likeness (QED) is 0.854. The molecule has 0 aromatic heterocycles. The minimum atomic E-state index is -0.465. The lowest BCUT2D eigenvalue weighted by Gasteiger charge is -2.33. The van der Waals surface area contributed by atoms with Crippen molar-refractivity contribution in [3.05, 3.63) is 35.0 Å². The summed E-state index contributed by atoms with van der Waals surface area (Å²) in [4.78, 5) is 17.2. The summed E-state index contributed by atoms with van der Waals surface area (Å²) in [7, 11) is 3.18. The summed E-state index contributed by atoms with van der Waals surface area (Å²) in [6, 6.07) is 7.84. The highest BCUT2D eigenvalue weighted by Crippen LogP contribution is 2.46. The van der Waals surface area contributed by atoms with Crippen LogP contribution in [0.1, 0.15) is 37.7 Å². The fourth-order valence-electron chi connectivity index (χ4n) is 3.58. The van der Waals surface area contributed by atoms with Gasteiger partial charge in [0.1, 0.15) is 11.5 Å². The molecule has 1 aromatic rings. The van der Waals surface area contributed by atoms with E-state index in [0.29, 0.717) is 23.5 Å². The van der Waals surface area contributed by atoms with Crippen LogP contribution < -0.4 is 9.47 Å². The van der Waals surface area contributed by atoms with Gasteiger partial charge in [-0.25, -0.2) is 0 Å². The van der Waals surface area contributed by atoms with Crippen molar-refractivity contribution in [2.24, 2.45) is 10.9 Å². The second kappa shape index (κ2) is 6.48. The topological polar surface area (TPSA) is 71.7 Å². The number of ketones is 1. The normalized spacial score (nSPS) is 23.2. The number of nitrogens with zero attached hydrogens (tertiary/aromatic N) is 2. The van der Waals surface area contributed by atoms with Crippen LogP contribution in [0.15, 0.2) is 34.5 Å². The summed E-state index contributed by atoms with van der Waals surface area (Å²) in [6.07, 6.45) is 2.12. The monoisotopic (exact) mass is 324 g/mol. The van der Waals surface area contributed by atoms with Crippen LogP contribution in [0.2, 0.25) is 0 Å². The number of rotatable bonds is 3. The van der Waals surface area contributed by atoms with Gasteiger partial charge >= 0.3 is 0 Å². The van der Waals surface area contributed by atoms with E-state index in [9.17, 15) is 10.1 Å². The number of carbonyl (C=O) groups is 1. The molecule has 2 atom stereocenters. The molecular weight excluding hydrogens is 304 g/mol. The van der Waals surface area contributed by atoms with Gasteiger partial charge in [-0.2, -0.15) is 5.26 Å². The van der Waals surface area contributed by atoms with E-state index >= 15 is 0 Å². The Balaban J connectivity index is 2.20. The third-order valence-electron chi connectivity index (χ3n) is 4.75. The molecule has 0 fully saturated rings. The highest BCUT2D eigenvalue weighted by molar-refractivity contribution is 6.03. The lowest BCUT2D eigenvalue weighted by molar-refractivity contribution is -0.116. The number of carbonyl (C=O) groups excluding carboxylic acids is 1. The van der Waals surface area contributed by atoms with Gasteiger partial charge in [0.25, 0.3) is 0 Å². The molecule has 1 aliphatic heterocycles. The molecule has 5 nitrogen and oxygen atoms in total. The molecule has 1 heterocycles. The van der Waals surface area contributed by atoms with Gasteiger partial charge < -0.3 is 9.47 Å². The maximum atomic E-state index is 12.6. The molecule has 1 unspecified atom stereocenters. The Bertz CT molecular complexity index is 786. The molecule has 0 bridgehead atoms. The minimum absolute atomic E-state index is 0.0932. The molecule has 0 amide bonds. The van der Waals surface area contributed by atoms with Crippen LogP contribution in [0.5, 0.6) is 11.5 Å². The van der Waals surface area contributed by atoms with Gasteiger partial charge in [0.05, 0.1) is 26.2 Å². The number of Topliss-reactive ketones (excluding diaryl/α,β-unsaturated/α-hetero) is 1. The highest BCUT2D eigenvalue weighted by Gasteiger charge is 2.40. The first kappa shape index (κ1) is 16.3. The van der Waals surface area contributed by atoms with Crippen molar-refractivity contribution in [2.75, 3.05) is 14.2 Å². The molecule has 2 aliphatic rings. The van der Waals surface area contributed by atoms with Crippen LogP contribution in [0.3, 0.4) is 0 Å². The largest absolute Gasteiger partial charge is 0.497 e. The van der Waals surface area contributed by atoms with E-state index in [-0.39, 0.29) is 11.7 Å². The number of ether oxygens (including phenoxy) is 2. The average molecular weight is 324 g/mol. The lowest BCUT2D eigenvalue weighted by atomic mass is 9.72. The molecule has 5 heteroatoms. The number of benzene rings is 1. The third kappa shape index (κ3) is 2.58. The summed E-state index contributed by atoms with van der Waals surface area (Å²) in [5, 5.41) is 9.70. The molecule has 0 saturated carbocycles. The van der Waals surface area contributed by atoms with Gasteiger partial charge in [-0.15, -0.1) is 0 Å².